The molecule has 1 fully saturated rings. The largest absolute Gasteiger partial charge is 0.872 e. The summed E-state index contributed by atoms with van der Waals surface area (Å²) in [5.41, 5.74) is 0.958. The van der Waals surface area contributed by atoms with E-state index in [0.29, 0.717) is 29.2 Å². The Labute approximate surface area is 195 Å². The van der Waals surface area contributed by atoms with Crippen LogP contribution in [0.3, 0.4) is 0 Å². The molecule has 7 nitrogen and oxygen atoms in total. The van der Waals surface area contributed by atoms with Crippen molar-refractivity contribution in [2.24, 2.45) is 0 Å². The zero-order chi connectivity index (χ0) is 24.0. The van der Waals surface area contributed by atoms with Gasteiger partial charge in [-0.1, -0.05) is 30.0 Å². The molecular weight excluding hydrogens is 420 g/mol. The van der Waals surface area contributed by atoms with Crippen molar-refractivity contribution in [3.8, 4) is 11.5 Å². The zero-order valence-electron chi connectivity index (χ0n) is 19.7. The van der Waals surface area contributed by atoms with Crippen molar-refractivity contribution in [3.63, 3.8) is 0 Å². The normalized spacial score (nSPS) is 17.6. The van der Waals surface area contributed by atoms with Gasteiger partial charge in [-0.25, -0.2) is 0 Å². The van der Waals surface area contributed by atoms with Gasteiger partial charge < -0.3 is 24.4 Å². The van der Waals surface area contributed by atoms with Crippen LogP contribution in [0.1, 0.15) is 37.4 Å². The number of carbonyl (C=O) groups is 2. The van der Waals surface area contributed by atoms with E-state index in [1.807, 2.05) is 6.07 Å². The lowest BCUT2D eigenvalue weighted by molar-refractivity contribution is -0.896. The minimum absolute atomic E-state index is 0.0308. The van der Waals surface area contributed by atoms with Crippen LogP contribution in [-0.2, 0) is 9.59 Å². The van der Waals surface area contributed by atoms with E-state index in [2.05, 4.69) is 13.8 Å². The molecule has 1 heterocycles. The van der Waals surface area contributed by atoms with Gasteiger partial charge in [0.15, 0.2) is 0 Å². The van der Waals surface area contributed by atoms with E-state index in [4.69, 9.17) is 9.47 Å². The van der Waals surface area contributed by atoms with E-state index in [1.165, 1.54) is 16.9 Å². The highest BCUT2D eigenvalue weighted by atomic mass is 16.5. The Morgan fingerprint density at radius 2 is 1.64 bits per heavy atom. The van der Waals surface area contributed by atoms with Crippen LogP contribution < -0.4 is 19.5 Å². The lowest BCUT2D eigenvalue weighted by atomic mass is 9.95. The minimum Gasteiger partial charge on any atom is -0.872 e. The maximum atomic E-state index is 13.5. The summed E-state index contributed by atoms with van der Waals surface area (Å²) < 4.78 is 10.6. The molecule has 2 aromatic carbocycles. The van der Waals surface area contributed by atoms with Crippen LogP contribution >= 0.6 is 0 Å². The molecule has 33 heavy (non-hydrogen) atoms. The van der Waals surface area contributed by atoms with Gasteiger partial charge in [0.1, 0.15) is 11.5 Å². The summed E-state index contributed by atoms with van der Waals surface area (Å²) in [6, 6.07) is 13.1. The highest BCUT2D eigenvalue weighted by molar-refractivity contribution is 6.46. The number of benzene rings is 2. The Balaban J connectivity index is 2.06. The number of quaternary nitrogens is 1. The van der Waals surface area contributed by atoms with Crippen molar-refractivity contribution in [3.05, 3.63) is 65.2 Å². The lowest BCUT2D eigenvalue weighted by Crippen LogP contribution is -3.11. The smallest absolute Gasteiger partial charge is 0.295 e. The predicted octanol–water partition coefficient (Wildman–Crippen LogP) is 1.24. The third-order valence-electron chi connectivity index (χ3n) is 6.20. The molecule has 1 atom stereocenters. The fraction of sp³-hybridized carbons (Fsp3) is 0.385. The highest BCUT2D eigenvalue weighted by Crippen LogP contribution is 2.39. The van der Waals surface area contributed by atoms with Gasteiger partial charge in [-0.3, -0.25) is 9.59 Å². The fourth-order valence-electron chi connectivity index (χ4n) is 4.28. The van der Waals surface area contributed by atoms with Crippen LogP contribution in [0.15, 0.2) is 54.1 Å². The number of likely N-dealkylation sites (tertiary alicyclic amines) is 1. The number of carbonyl (C=O) groups excluding carboxylic acids is 2. The Bertz CT molecular complexity index is 1030. The van der Waals surface area contributed by atoms with Gasteiger partial charge in [-0.15, -0.1) is 0 Å². The van der Waals surface area contributed by atoms with Crippen molar-refractivity contribution >= 4 is 17.4 Å². The third kappa shape index (κ3) is 5.20. The van der Waals surface area contributed by atoms with Gasteiger partial charge in [-0.2, -0.15) is 0 Å². The molecule has 0 saturated carbocycles. The zero-order valence-corrected chi connectivity index (χ0v) is 19.7. The Morgan fingerprint density at radius 3 is 2.27 bits per heavy atom. The Kier molecular flexibility index (Phi) is 8.11. The number of ketones is 1. The van der Waals surface area contributed by atoms with Gasteiger partial charge >= 0.3 is 0 Å². The molecule has 2 aromatic rings. The van der Waals surface area contributed by atoms with Gasteiger partial charge in [0.2, 0.25) is 5.78 Å². The molecule has 3 rings (SSSR count). The molecular formula is C26H32N2O5. The number of amides is 1. The molecule has 1 saturated heterocycles. The summed E-state index contributed by atoms with van der Waals surface area (Å²) in [7, 11) is 3.07. The van der Waals surface area contributed by atoms with E-state index in [0.717, 1.165) is 26.1 Å². The summed E-state index contributed by atoms with van der Waals surface area (Å²) >= 11 is 0. The second kappa shape index (κ2) is 11.0. The van der Waals surface area contributed by atoms with Gasteiger partial charge in [0, 0.05) is 18.5 Å². The first-order chi connectivity index (χ1) is 15.9. The Hall–Kier alpha value is -3.32. The topological polar surface area (TPSA) is 83.3 Å². The summed E-state index contributed by atoms with van der Waals surface area (Å²) in [5.74, 6) is -0.735. The van der Waals surface area contributed by atoms with Crippen LogP contribution in [0.4, 0.5) is 0 Å². The number of Topliss-reactive ketones (excluding diaryl/α,β-unsaturated/α-hetero) is 1. The summed E-state index contributed by atoms with van der Waals surface area (Å²) in [5, 5.41) is 13.5. The maximum absolute atomic E-state index is 13.5. The van der Waals surface area contributed by atoms with Crippen LogP contribution in [0, 0.1) is 0 Å². The maximum Gasteiger partial charge on any atom is 0.295 e. The second-order valence-corrected chi connectivity index (χ2v) is 8.04. The number of rotatable bonds is 10. The molecule has 176 valence electrons. The van der Waals surface area contributed by atoms with Crippen molar-refractivity contribution < 1.29 is 29.1 Å². The highest BCUT2D eigenvalue weighted by Gasteiger charge is 2.44. The standard InChI is InChI=1S/C26H32N2O5/c1-5-27(6-2)14-9-15-28-23(18-10-7-12-20(16-18)32-3)22(25(30)26(28)31)24(29)19-11-8-13-21(17-19)33-4/h7-8,10-13,16-17,23,29H,5-6,9,14-15H2,1-4H3. The molecule has 0 radical (unpaired) electrons. The van der Waals surface area contributed by atoms with Crippen LogP contribution in [-0.4, -0.2) is 57.0 Å². The second-order valence-electron chi connectivity index (χ2n) is 8.04. The predicted molar refractivity (Wildman–Crippen MR) is 124 cm³/mol. The van der Waals surface area contributed by atoms with E-state index in [1.54, 1.807) is 49.6 Å². The first-order valence-corrected chi connectivity index (χ1v) is 11.3. The third-order valence-corrected chi connectivity index (χ3v) is 6.20. The monoisotopic (exact) mass is 452 g/mol. The van der Waals surface area contributed by atoms with E-state index < -0.39 is 23.5 Å². The fourth-order valence-corrected chi connectivity index (χ4v) is 4.28. The molecule has 1 amide bonds. The first kappa shape index (κ1) is 24.3. The van der Waals surface area contributed by atoms with Gasteiger partial charge in [-0.05, 0) is 49.2 Å². The first-order valence-electron chi connectivity index (χ1n) is 11.3. The summed E-state index contributed by atoms with van der Waals surface area (Å²) in [4.78, 5) is 29.1. The number of ether oxygens (including phenoxy) is 2. The summed E-state index contributed by atoms with van der Waals surface area (Å²) in [6.45, 7) is 7.52. The van der Waals surface area contributed by atoms with E-state index >= 15 is 0 Å². The average molecular weight is 453 g/mol. The number of nitrogens with one attached hydrogen (secondary N) is 1. The molecule has 0 bridgehead atoms. The molecule has 1 aliphatic rings. The molecule has 1 aliphatic heterocycles. The number of hydrogen-bond acceptors (Lipinski definition) is 5. The van der Waals surface area contributed by atoms with Crippen LogP contribution in [0.25, 0.3) is 5.76 Å². The quantitative estimate of drug-likeness (QED) is 0.333. The number of hydrogen-bond donors (Lipinski definition) is 1. The van der Waals surface area contributed by atoms with Gasteiger partial charge in [0.25, 0.3) is 5.91 Å². The van der Waals surface area contributed by atoms with Crippen molar-refractivity contribution in [2.45, 2.75) is 26.3 Å². The SMILES string of the molecule is CC[NH+](CC)CCCN1C(=O)C(=O)C(=C([O-])c2cccc(OC)c2)C1c1cccc(OC)c1. The van der Waals surface area contributed by atoms with Crippen LogP contribution in [0.5, 0.6) is 11.5 Å². The van der Waals surface area contributed by atoms with Gasteiger partial charge in [0.05, 0.1) is 39.9 Å². The molecule has 7 heteroatoms. The van der Waals surface area contributed by atoms with E-state index in [9.17, 15) is 14.7 Å². The molecule has 1 unspecified atom stereocenters. The van der Waals surface area contributed by atoms with E-state index in [-0.39, 0.29) is 5.57 Å². The molecule has 0 aliphatic carbocycles. The molecule has 0 aromatic heterocycles. The lowest BCUT2D eigenvalue weighted by Gasteiger charge is -2.28. The summed E-state index contributed by atoms with van der Waals surface area (Å²) in [6.07, 6.45) is 0.733. The Morgan fingerprint density at radius 1 is 1.00 bits per heavy atom. The number of methoxy groups -OCH3 is 2. The van der Waals surface area contributed by atoms with Crippen molar-refractivity contribution in [1.82, 2.24) is 4.90 Å². The minimum atomic E-state index is -0.759. The number of nitrogens with zero attached hydrogens (tertiary/aromatic N) is 1. The average Bonchev–Trinajstić information content (AvgIpc) is 3.11. The van der Waals surface area contributed by atoms with Crippen molar-refractivity contribution in [1.29, 1.82) is 0 Å². The molecule has 0 spiro atoms. The molecule has 1 N–H and O–H groups in total. The van der Waals surface area contributed by atoms with Crippen LogP contribution in [0.2, 0.25) is 0 Å². The van der Waals surface area contributed by atoms with Crippen molar-refractivity contribution in [2.75, 3.05) is 40.4 Å².